The van der Waals surface area contributed by atoms with E-state index < -0.39 is 0 Å². The van der Waals surface area contributed by atoms with E-state index >= 15 is 0 Å². The number of rotatable bonds is 2. The molecule has 0 radical (unpaired) electrons. The molecule has 4 heteroatoms. The van der Waals surface area contributed by atoms with Crippen LogP contribution in [0.3, 0.4) is 0 Å². The van der Waals surface area contributed by atoms with E-state index in [1.54, 1.807) is 12.5 Å². The molecular formula is C6H8ClN3. The van der Waals surface area contributed by atoms with E-state index in [-0.39, 0.29) is 0 Å². The molecule has 54 valence electrons. The summed E-state index contributed by atoms with van der Waals surface area (Å²) in [6.45, 7) is 0.716. The summed E-state index contributed by atoms with van der Waals surface area (Å²) in [5.41, 5.74) is 6.83. The van der Waals surface area contributed by atoms with Crippen LogP contribution in [0.1, 0.15) is 0 Å². The highest BCUT2D eigenvalue weighted by Gasteiger charge is 1.88. The second-order valence-corrected chi connectivity index (χ2v) is 2.11. The largest absolute Gasteiger partial charge is 0.382 e. The summed E-state index contributed by atoms with van der Waals surface area (Å²) in [4.78, 5) is 3.83. The normalized spacial score (nSPS) is 10.9. The molecule has 0 fully saturated rings. The topological polar surface area (TPSA) is 43.8 Å². The number of nitrogens with zero attached hydrogens (tertiary/aromatic N) is 2. The van der Waals surface area contributed by atoms with Gasteiger partial charge in [-0.1, -0.05) is 17.7 Å². The Morgan fingerprint density at radius 3 is 3.10 bits per heavy atom. The fraction of sp³-hybridized carbons (Fsp3) is 0.167. The Labute approximate surface area is 64.1 Å². The fourth-order valence-electron chi connectivity index (χ4n) is 0.639. The summed E-state index contributed by atoms with van der Waals surface area (Å²) in [5, 5.41) is 0. The van der Waals surface area contributed by atoms with Crippen LogP contribution in [-0.4, -0.2) is 9.55 Å². The fourth-order valence-corrected chi connectivity index (χ4v) is 0.718. The van der Waals surface area contributed by atoms with E-state index in [4.69, 9.17) is 17.3 Å². The number of halogens is 1. The summed E-state index contributed by atoms with van der Waals surface area (Å²) in [5.74, 6) is 0.531. The Balaban J connectivity index is 2.58. The third-order valence-electron chi connectivity index (χ3n) is 1.06. The highest BCUT2D eigenvalue weighted by molar-refractivity contribution is 6.25. The Kier molecular flexibility index (Phi) is 2.34. The van der Waals surface area contributed by atoms with Crippen molar-refractivity contribution in [3.63, 3.8) is 0 Å². The number of imidazole rings is 1. The Morgan fingerprint density at radius 2 is 2.60 bits per heavy atom. The number of aromatic nitrogens is 2. The van der Waals surface area contributed by atoms with Gasteiger partial charge in [0, 0.05) is 18.3 Å². The van der Waals surface area contributed by atoms with Crippen molar-refractivity contribution in [1.29, 1.82) is 0 Å². The van der Waals surface area contributed by atoms with Gasteiger partial charge in [-0.3, -0.25) is 0 Å². The number of allylic oxidation sites excluding steroid dienone is 1. The van der Waals surface area contributed by atoms with Crippen LogP contribution >= 0.6 is 11.6 Å². The lowest BCUT2D eigenvalue weighted by molar-refractivity contribution is 0.821. The summed E-state index contributed by atoms with van der Waals surface area (Å²) >= 11 is 5.31. The zero-order valence-corrected chi connectivity index (χ0v) is 6.12. The van der Waals surface area contributed by atoms with Crippen molar-refractivity contribution in [3.8, 4) is 0 Å². The van der Waals surface area contributed by atoms with Crippen LogP contribution in [0, 0.1) is 0 Å². The predicted molar refractivity (Wildman–Crippen MR) is 41.6 cm³/mol. The molecular weight excluding hydrogens is 150 g/mol. The highest BCUT2D eigenvalue weighted by atomic mass is 35.5. The molecule has 0 bridgehead atoms. The smallest absolute Gasteiger partial charge is 0.141 e. The van der Waals surface area contributed by atoms with Gasteiger partial charge in [-0.15, -0.1) is 0 Å². The molecule has 1 heterocycles. The van der Waals surface area contributed by atoms with Gasteiger partial charge in [0.2, 0.25) is 0 Å². The molecule has 0 aliphatic carbocycles. The molecule has 3 nitrogen and oxygen atoms in total. The van der Waals surface area contributed by atoms with Gasteiger partial charge in [-0.25, -0.2) is 4.98 Å². The molecule has 0 aliphatic rings. The van der Waals surface area contributed by atoms with Crippen LogP contribution in [0.5, 0.6) is 0 Å². The van der Waals surface area contributed by atoms with Crippen LogP contribution < -0.4 is 5.73 Å². The second-order valence-electron chi connectivity index (χ2n) is 1.86. The first-order valence-corrected chi connectivity index (χ1v) is 3.29. The monoisotopic (exact) mass is 157 g/mol. The molecule has 0 aliphatic heterocycles. The van der Waals surface area contributed by atoms with Gasteiger partial charge in [0.15, 0.2) is 0 Å². The van der Waals surface area contributed by atoms with Crippen LogP contribution in [0.4, 0.5) is 5.82 Å². The van der Waals surface area contributed by atoms with Crippen LogP contribution in [-0.2, 0) is 6.54 Å². The average Bonchev–Trinajstić information content (AvgIpc) is 2.31. The lowest BCUT2D eigenvalue weighted by Gasteiger charge is -1.91. The van der Waals surface area contributed by atoms with E-state index in [1.807, 2.05) is 10.6 Å². The maximum atomic E-state index is 5.36. The van der Waals surface area contributed by atoms with Crippen LogP contribution in [0.2, 0.25) is 0 Å². The van der Waals surface area contributed by atoms with Crippen molar-refractivity contribution >= 4 is 17.4 Å². The molecule has 2 N–H and O–H groups in total. The zero-order chi connectivity index (χ0) is 7.40. The van der Waals surface area contributed by atoms with Gasteiger partial charge >= 0.3 is 0 Å². The SMILES string of the molecule is Nc1cn(C/C=C/Cl)cn1. The Hall–Kier alpha value is -0.960. The van der Waals surface area contributed by atoms with Gasteiger partial charge in [0.1, 0.15) is 5.82 Å². The molecule has 0 saturated carbocycles. The molecule has 1 aromatic rings. The molecule has 1 aromatic heterocycles. The molecule has 0 spiro atoms. The van der Waals surface area contributed by atoms with E-state index in [0.29, 0.717) is 12.4 Å². The molecule has 0 amide bonds. The molecule has 0 unspecified atom stereocenters. The van der Waals surface area contributed by atoms with Gasteiger partial charge in [-0.05, 0) is 0 Å². The first-order chi connectivity index (χ1) is 4.83. The maximum absolute atomic E-state index is 5.36. The minimum Gasteiger partial charge on any atom is -0.382 e. The predicted octanol–water partition coefficient (Wildman–Crippen LogP) is 1.22. The summed E-state index contributed by atoms with van der Waals surface area (Å²) in [6, 6.07) is 0. The van der Waals surface area contributed by atoms with E-state index in [2.05, 4.69) is 4.98 Å². The van der Waals surface area contributed by atoms with Crippen molar-refractivity contribution in [2.45, 2.75) is 6.54 Å². The van der Waals surface area contributed by atoms with Crippen molar-refractivity contribution in [2.24, 2.45) is 0 Å². The van der Waals surface area contributed by atoms with Crippen LogP contribution in [0.25, 0.3) is 0 Å². The summed E-state index contributed by atoms with van der Waals surface area (Å²) in [6.07, 6.45) is 5.21. The van der Waals surface area contributed by atoms with E-state index in [0.717, 1.165) is 0 Å². The Morgan fingerprint density at radius 1 is 1.80 bits per heavy atom. The number of hydrogen-bond donors (Lipinski definition) is 1. The highest BCUT2D eigenvalue weighted by Crippen LogP contribution is 1.96. The van der Waals surface area contributed by atoms with E-state index in [1.165, 1.54) is 5.54 Å². The summed E-state index contributed by atoms with van der Waals surface area (Å²) < 4.78 is 1.84. The second kappa shape index (κ2) is 3.27. The van der Waals surface area contributed by atoms with Gasteiger partial charge in [-0.2, -0.15) is 0 Å². The van der Waals surface area contributed by atoms with Crippen molar-refractivity contribution in [2.75, 3.05) is 5.73 Å². The van der Waals surface area contributed by atoms with Crippen molar-refractivity contribution in [1.82, 2.24) is 9.55 Å². The lowest BCUT2D eigenvalue weighted by atomic mass is 10.6. The van der Waals surface area contributed by atoms with Gasteiger partial charge < -0.3 is 10.3 Å². The number of hydrogen-bond acceptors (Lipinski definition) is 2. The van der Waals surface area contributed by atoms with Gasteiger partial charge in [0.25, 0.3) is 0 Å². The van der Waals surface area contributed by atoms with Crippen molar-refractivity contribution < 1.29 is 0 Å². The summed E-state index contributed by atoms with van der Waals surface area (Å²) in [7, 11) is 0. The number of anilines is 1. The third-order valence-corrected chi connectivity index (χ3v) is 1.24. The zero-order valence-electron chi connectivity index (χ0n) is 5.37. The Bertz CT molecular complexity index is 229. The lowest BCUT2D eigenvalue weighted by Crippen LogP contribution is -1.89. The minimum absolute atomic E-state index is 0.531. The van der Waals surface area contributed by atoms with Crippen LogP contribution in [0.15, 0.2) is 24.1 Å². The quantitative estimate of drug-likeness (QED) is 0.702. The number of nitrogen functional groups attached to an aromatic ring is 1. The van der Waals surface area contributed by atoms with Gasteiger partial charge in [0.05, 0.1) is 6.33 Å². The maximum Gasteiger partial charge on any atom is 0.141 e. The van der Waals surface area contributed by atoms with Crippen molar-refractivity contribution in [3.05, 3.63) is 24.1 Å². The first kappa shape index (κ1) is 7.15. The molecule has 10 heavy (non-hydrogen) atoms. The standard InChI is InChI=1S/C6H8ClN3/c7-2-1-3-10-4-6(8)9-5-10/h1-2,4-5H,3,8H2/b2-1+. The number of nitrogens with two attached hydrogens (primary N) is 1. The first-order valence-electron chi connectivity index (χ1n) is 2.85. The average molecular weight is 158 g/mol. The van der Waals surface area contributed by atoms with E-state index in [9.17, 15) is 0 Å². The molecule has 0 saturated heterocycles. The molecule has 0 aromatic carbocycles. The third kappa shape index (κ3) is 1.77. The molecule has 1 rings (SSSR count). The minimum atomic E-state index is 0.531. The molecule has 0 atom stereocenters.